The summed E-state index contributed by atoms with van der Waals surface area (Å²) in [6.07, 6.45) is 3.33. The monoisotopic (exact) mass is 241 g/mol. The number of nitrogens with one attached hydrogen (secondary N) is 2. The highest BCUT2D eigenvalue weighted by atomic mass is 16.2. The van der Waals surface area contributed by atoms with E-state index in [0.717, 1.165) is 32.5 Å². The number of hydrogen-bond donors (Lipinski definition) is 2. The van der Waals surface area contributed by atoms with E-state index < -0.39 is 0 Å². The molecule has 4 heteroatoms. The maximum absolute atomic E-state index is 11.6. The van der Waals surface area contributed by atoms with Crippen LogP contribution in [0, 0.1) is 5.92 Å². The van der Waals surface area contributed by atoms with Crippen LogP contribution in [0.15, 0.2) is 0 Å². The van der Waals surface area contributed by atoms with Crippen molar-refractivity contribution >= 4 is 5.91 Å². The number of hydrogen-bond acceptors (Lipinski definition) is 3. The summed E-state index contributed by atoms with van der Waals surface area (Å²) in [5, 5.41) is 6.33. The van der Waals surface area contributed by atoms with E-state index in [2.05, 4.69) is 29.4 Å². The summed E-state index contributed by atoms with van der Waals surface area (Å²) in [5.74, 6) is 0.845. The summed E-state index contributed by atoms with van der Waals surface area (Å²) in [6, 6.07) is 0.620. The normalized spacial score (nSPS) is 25.8. The Hall–Kier alpha value is -0.610. The van der Waals surface area contributed by atoms with Gasteiger partial charge in [0.2, 0.25) is 5.91 Å². The zero-order valence-corrected chi connectivity index (χ0v) is 11.5. The Morgan fingerprint density at radius 1 is 1.41 bits per heavy atom. The molecule has 0 saturated carbocycles. The predicted octanol–water partition coefficient (Wildman–Crippen LogP) is 0.833. The number of carbonyl (C=O) groups excluding carboxylic acids is 1. The number of amides is 1. The van der Waals surface area contributed by atoms with Crippen LogP contribution in [0.2, 0.25) is 0 Å². The fourth-order valence-corrected chi connectivity index (χ4v) is 2.57. The average Bonchev–Trinajstić information content (AvgIpc) is 2.36. The smallest absolute Gasteiger partial charge is 0.234 e. The number of carbonyl (C=O) groups is 1. The number of nitrogens with zero attached hydrogens (tertiary/aromatic N) is 1. The molecule has 0 spiro atoms. The first-order valence-corrected chi connectivity index (χ1v) is 6.87. The molecule has 0 aromatic carbocycles. The van der Waals surface area contributed by atoms with Gasteiger partial charge in [0.05, 0.1) is 6.54 Å². The van der Waals surface area contributed by atoms with Gasteiger partial charge >= 0.3 is 0 Å². The summed E-state index contributed by atoms with van der Waals surface area (Å²) in [4.78, 5) is 13.9. The highest BCUT2D eigenvalue weighted by Crippen LogP contribution is 2.19. The van der Waals surface area contributed by atoms with E-state index in [9.17, 15) is 4.79 Å². The first-order valence-electron chi connectivity index (χ1n) is 6.87. The molecule has 1 heterocycles. The minimum absolute atomic E-state index is 0.171. The van der Waals surface area contributed by atoms with Gasteiger partial charge in [-0.15, -0.1) is 0 Å². The van der Waals surface area contributed by atoms with E-state index in [0.29, 0.717) is 18.5 Å². The molecule has 17 heavy (non-hydrogen) atoms. The van der Waals surface area contributed by atoms with Gasteiger partial charge < -0.3 is 10.6 Å². The second-order valence-corrected chi connectivity index (χ2v) is 4.94. The van der Waals surface area contributed by atoms with Gasteiger partial charge in [-0.05, 0) is 25.8 Å². The molecule has 0 bridgehead atoms. The molecule has 0 radical (unpaired) electrons. The van der Waals surface area contributed by atoms with Crippen molar-refractivity contribution in [1.29, 1.82) is 0 Å². The molecular formula is C13H27N3O. The van der Waals surface area contributed by atoms with Crippen molar-refractivity contribution in [3.05, 3.63) is 0 Å². The fourth-order valence-electron chi connectivity index (χ4n) is 2.57. The van der Waals surface area contributed by atoms with Crippen LogP contribution in [0.5, 0.6) is 0 Å². The number of rotatable bonds is 6. The highest BCUT2D eigenvalue weighted by molar-refractivity contribution is 5.77. The Kier molecular flexibility index (Phi) is 6.52. The van der Waals surface area contributed by atoms with Crippen molar-refractivity contribution in [2.75, 3.05) is 33.2 Å². The average molecular weight is 241 g/mol. The Morgan fingerprint density at radius 2 is 2.18 bits per heavy atom. The molecular weight excluding hydrogens is 214 g/mol. The van der Waals surface area contributed by atoms with Crippen molar-refractivity contribution in [3.8, 4) is 0 Å². The van der Waals surface area contributed by atoms with E-state index in [1.165, 1.54) is 6.42 Å². The zero-order chi connectivity index (χ0) is 12.7. The molecule has 2 N–H and O–H groups in total. The van der Waals surface area contributed by atoms with E-state index in [1.807, 2.05) is 7.05 Å². The second kappa shape index (κ2) is 7.67. The Labute approximate surface area is 105 Å². The molecule has 1 aliphatic heterocycles. The summed E-state index contributed by atoms with van der Waals surface area (Å²) < 4.78 is 0. The van der Waals surface area contributed by atoms with Crippen LogP contribution in [0.4, 0.5) is 0 Å². The lowest BCUT2D eigenvalue weighted by Crippen LogP contribution is -2.50. The van der Waals surface area contributed by atoms with Gasteiger partial charge in [0, 0.05) is 25.7 Å². The molecule has 0 aromatic heterocycles. The third-order valence-corrected chi connectivity index (χ3v) is 3.65. The van der Waals surface area contributed by atoms with Gasteiger partial charge in [0.25, 0.3) is 0 Å². The third-order valence-electron chi connectivity index (χ3n) is 3.65. The molecule has 1 amide bonds. The predicted molar refractivity (Wildman–Crippen MR) is 71.0 cm³/mol. The van der Waals surface area contributed by atoms with E-state index in [1.54, 1.807) is 0 Å². The summed E-state index contributed by atoms with van der Waals surface area (Å²) >= 11 is 0. The molecule has 0 aromatic rings. The van der Waals surface area contributed by atoms with E-state index in [4.69, 9.17) is 0 Å². The van der Waals surface area contributed by atoms with Crippen molar-refractivity contribution in [2.24, 2.45) is 5.92 Å². The minimum atomic E-state index is 0.171. The Balaban J connectivity index is 2.34. The SMILES string of the molecule is CCCNC(=O)CN1CCC(NC)C(CC)C1. The minimum Gasteiger partial charge on any atom is -0.355 e. The molecule has 2 atom stereocenters. The quantitative estimate of drug-likeness (QED) is 0.724. The summed E-state index contributed by atoms with van der Waals surface area (Å²) in [7, 11) is 2.04. The van der Waals surface area contributed by atoms with E-state index in [-0.39, 0.29) is 5.91 Å². The lowest BCUT2D eigenvalue weighted by Gasteiger charge is -2.37. The van der Waals surface area contributed by atoms with Gasteiger partial charge in [-0.2, -0.15) is 0 Å². The molecule has 100 valence electrons. The molecule has 0 aliphatic carbocycles. The van der Waals surface area contributed by atoms with Gasteiger partial charge in [-0.3, -0.25) is 9.69 Å². The molecule has 1 saturated heterocycles. The van der Waals surface area contributed by atoms with Crippen LogP contribution in [0.1, 0.15) is 33.1 Å². The van der Waals surface area contributed by atoms with Crippen LogP contribution in [0.3, 0.4) is 0 Å². The second-order valence-electron chi connectivity index (χ2n) is 4.94. The maximum atomic E-state index is 11.6. The zero-order valence-electron chi connectivity index (χ0n) is 11.5. The van der Waals surface area contributed by atoms with Crippen LogP contribution in [-0.4, -0.2) is 50.1 Å². The largest absolute Gasteiger partial charge is 0.355 e. The highest BCUT2D eigenvalue weighted by Gasteiger charge is 2.27. The lowest BCUT2D eigenvalue weighted by molar-refractivity contribution is -0.122. The van der Waals surface area contributed by atoms with E-state index >= 15 is 0 Å². The van der Waals surface area contributed by atoms with Crippen molar-refractivity contribution in [3.63, 3.8) is 0 Å². The molecule has 2 unspecified atom stereocenters. The van der Waals surface area contributed by atoms with Gasteiger partial charge in [-0.1, -0.05) is 20.3 Å². The van der Waals surface area contributed by atoms with Crippen molar-refractivity contribution in [2.45, 2.75) is 39.2 Å². The third kappa shape index (κ3) is 4.64. The topological polar surface area (TPSA) is 44.4 Å². The van der Waals surface area contributed by atoms with Crippen LogP contribution >= 0.6 is 0 Å². The van der Waals surface area contributed by atoms with Crippen LogP contribution in [0.25, 0.3) is 0 Å². The Morgan fingerprint density at radius 3 is 2.76 bits per heavy atom. The van der Waals surface area contributed by atoms with Gasteiger partial charge in [-0.25, -0.2) is 0 Å². The van der Waals surface area contributed by atoms with Crippen molar-refractivity contribution < 1.29 is 4.79 Å². The van der Waals surface area contributed by atoms with Gasteiger partial charge in [0.1, 0.15) is 0 Å². The standard InChI is InChI=1S/C13H27N3O/c1-4-7-15-13(17)10-16-8-6-12(14-3)11(5-2)9-16/h11-12,14H,4-10H2,1-3H3,(H,15,17). The number of piperidine rings is 1. The first kappa shape index (κ1) is 14.5. The van der Waals surface area contributed by atoms with Crippen molar-refractivity contribution in [1.82, 2.24) is 15.5 Å². The Bertz CT molecular complexity index is 233. The first-order chi connectivity index (χ1) is 8.21. The molecule has 1 aliphatic rings. The lowest BCUT2D eigenvalue weighted by atomic mass is 9.90. The molecule has 4 nitrogen and oxygen atoms in total. The molecule has 1 rings (SSSR count). The fraction of sp³-hybridized carbons (Fsp3) is 0.923. The number of likely N-dealkylation sites (tertiary alicyclic amines) is 1. The van der Waals surface area contributed by atoms with Crippen LogP contribution in [-0.2, 0) is 4.79 Å². The summed E-state index contributed by atoms with van der Waals surface area (Å²) in [6.45, 7) is 7.74. The maximum Gasteiger partial charge on any atom is 0.234 e. The molecule has 1 fully saturated rings. The summed E-state index contributed by atoms with van der Waals surface area (Å²) in [5.41, 5.74) is 0. The van der Waals surface area contributed by atoms with Crippen LogP contribution < -0.4 is 10.6 Å². The van der Waals surface area contributed by atoms with Gasteiger partial charge in [0.15, 0.2) is 0 Å².